The summed E-state index contributed by atoms with van der Waals surface area (Å²) in [5, 5.41) is 16.1. The molecule has 0 aliphatic heterocycles. The molecule has 1 aromatic rings. The number of rotatable bonds is 10. The number of nitrogens with zero attached hydrogens (tertiary/aromatic N) is 1. The topological polar surface area (TPSA) is 98.7 Å². The minimum absolute atomic E-state index is 0.156. The standard InChI is InChI=1S/C24H34ClN3O4S/c1-33(32)7-6-28(23(30)31)5-4-26-19-2-3-21(25)20(11-19)22(29)27-15-24-12-16-8-17(13-24)10-18(9-16)14-24/h2-3,11,16-18,26H,4-10,12-15H2,1H3,(H,27,29)(H,30,31). The molecule has 0 saturated heterocycles. The Labute approximate surface area is 203 Å². The zero-order valence-electron chi connectivity index (χ0n) is 19.1. The van der Waals surface area contributed by atoms with Crippen LogP contribution in [0.2, 0.25) is 5.02 Å². The summed E-state index contributed by atoms with van der Waals surface area (Å²) in [6.07, 6.45) is 8.36. The van der Waals surface area contributed by atoms with Gasteiger partial charge in [0, 0.05) is 54.7 Å². The maximum atomic E-state index is 13.0. The Morgan fingerprint density at radius 2 is 1.79 bits per heavy atom. The lowest BCUT2D eigenvalue weighted by Gasteiger charge is -2.56. The zero-order chi connectivity index (χ0) is 23.6. The van der Waals surface area contributed by atoms with Crippen LogP contribution in [-0.2, 0) is 10.8 Å². The molecule has 4 aliphatic carbocycles. The number of hydrogen-bond donors (Lipinski definition) is 3. The molecule has 0 spiro atoms. The SMILES string of the molecule is CS(=O)CCN(CCNc1ccc(Cl)c(C(=O)NCC23CC4CC(CC(C4)C2)C3)c1)C(=O)O. The molecular formula is C24H34ClN3O4S. The number of nitrogens with one attached hydrogen (secondary N) is 2. The third-order valence-electron chi connectivity index (χ3n) is 7.63. The van der Waals surface area contributed by atoms with Gasteiger partial charge in [-0.05, 0) is 79.9 Å². The molecule has 5 rings (SSSR count). The lowest BCUT2D eigenvalue weighted by Crippen LogP contribution is -2.51. The first-order valence-electron chi connectivity index (χ1n) is 11.8. The van der Waals surface area contributed by atoms with Gasteiger partial charge in [0.05, 0.1) is 10.6 Å². The Kier molecular flexibility index (Phi) is 7.53. The number of halogens is 1. The fraction of sp³-hybridized carbons (Fsp3) is 0.667. The predicted octanol–water partition coefficient (Wildman–Crippen LogP) is 4.06. The monoisotopic (exact) mass is 495 g/mol. The zero-order valence-corrected chi connectivity index (χ0v) is 20.7. The van der Waals surface area contributed by atoms with Crippen LogP contribution in [0.25, 0.3) is 0 Å². The molecule has 2 amide bonds. The molecule has 1 unspecified atom stereocenters. The van der Waals surface area contributed by atoms with Crippen molar-refractivity contribution >= 4 is 40.1 Å². The Balaban J connectivity index is 1.31. The normalized spacial score (nSPS) is 28.4. The highest BCUT2D eigenvalue weighted by Gasteiger charge is 2.50. The second-order valence-corrected chi connectivity index (χ2v) is 12.2. The molecule has 1 aromatic carbocycles. The van der Waals surface area contributed by atoms with Gasteiger partial charge < -0.3 is 20.6 Å². The van der Waals surface area contributed by atoms with E-state index in [4.69, 9.17) is 11.6 Å². The van der Waals surface area contributed by atoms with Crippen LogP contribution in [0.3, 0.4) is 0 Å². The van der Waals surface area contributed by atoms with Gasteiger partial charge in [-0.3, -0.25) is 9.00 Å². The third-order valence-corrected chi connectivity index (χ3v) is 8.72. The van der Waals surface area contributed by atoms with Gasteiger partial charge in [0.1, 0.15) is 0 Å². The summed E-state index contributed by atoms with van der Waals surface area (Å²) in [4.78, 5) is 25.6. The van der Waals surface area contributed by atoms with Crippen molar-refractivity contribution < 1.29 is 18.9 Å². The summed E-state index contributed by atoms with van der Waals surface area (Å²) >= 11 is 6.34. The van der Waals surface area contributed by atoms with Gasteiger partial charge in [0.15, 0.2) is 0 Å². The number of hydrogen-bond acceptors (Lipinski definition) is 4. The van der Waals surface area contributed by atoms with E-state index in [1.807, 2.05) is 0 Å². The van der Waals surface area contributed by atoms with E-state index < -0.39 is 16.9 Å². The van der Waals surface area contributed by atoms with E-state index in [9.17, 15) is 18.9 Å². The van der Waals surface area contributed by atoms with Gasteiger partial charge in [-0.2, -0.15) is 0 Å². The number of anilines is 1. The predicted molar refractivity (Wildman–Crippen MR) is 131 cm³/mol. The van der Waals surface area contributed by atoms with E-state index in [-0.39, 0.29) is 24.4 Å². The Bertz CT molecular complexity index is 890. The summed E-state index contributed by atoms with van der Waals surface area (Å²) in [5.74, 6) is 2.67. The van der Waals surface area contributed by atoms with Crippen molar-refractivity contribution in [3.63, 3.8) is 0 Å². The van der Waals surface area contributed by atoms with Crippen LogP contribution in [0.5, 0.6) is 0 Å². The van der Waals surface area contributed by atoms with E-state index in [1.165, 1.54) is 43.4 Å². The van der Waals surface area contributed by atoms with Crippen molar-refractivity contribution in [2.24, 2.45) is 23.2 Å². The first-order valence-corrected chi connectivity index (χ1v) is 13.9. The Hall–Kier alpha value is -1.80. The largest absolute Gasteiger partial charge is 0.465 e. The second-order valence-electron chi connectivity index (χ2n) is 10.3. The second kappa shape index (κ2) is 10.2. The minimum atomic E-state index is -1.05. The summed E-state index contributed by atoms with van der Waals surface area (Å²) in [5.41, 5.74) is 1.40. The van der Waals surface area contributed by atoms with Gasteiger partial charge in [-0.15, -0.1) is 0 Å². The quantitative estimate of drug-likeness (QED) is 0.454. The van der Waals surface area contributed by atoms with Crippen molar-refractivity contribution in [2.75, 3.05) is 43.5 Å². The summed E-state index contributed by atoms with van der Waals surface area (Å²) in [6, 6.07) is 5.20. The molecule has 4 saturated carbocycles. The molecule has 33 heavy (non-hydrogen) atoms. The average Bonchev–Trinajstić information content (AvgIpc) is 2.74. The Morgan fingerprint density at radius 1 is 1.15 bits per heavy atom. The van der Waals surface area contributed by atoms with Gasteiger partial charge >= 0.3 is 6.09 Å². The molecule has 4 bridgehead atoms. The molecule has 1 atom stereocenters. The summed E-state index contributed by atoms with van der Waals surface area (Å²) < 4.78 is 11.3. The average molecular weight is 496 g/mol. The number of carbonyl (C=O) groups is 2. The molecule has 0 radical (unpaired) electrons. The van der Waals surface area contributed by atoms with E-state index >= 15 is 0 Å². The maximum absolute atomic E-state index is 13.0. The third kappa shape index (κ3) is 6.01. The van der Waals surface area contributed by atoms with Crippen molar-refractivity contribution in [1.82, 2.24) is 10.2 Å². The molecule has 182 valence electrons. The maximum Gasteiger partial charge on any atom is 0.407 e. The lowest BCUT2D eigenvalue weighted by molar-refractivity contribution is -0.0503. The fourth-order valence-electron chi connectivity index (χ4n) is 6.56. The van der Waals surface area contributed by atoms with Crippen molar-refractivity contribution in [3.05, 3.63) is 28.8 Å². The summed E-state index contributed by atoms with van der Waals surface area (Å²) in [6.45, 7) is 1.57. The summed E-state index contributed by atoms with van der Waals surface area (Å²) in [7, 11) is -1.05. The smallest absolute Gasteiger partial charge is 0.407 e. The van der Waals surface area contributed by atoms with Crippen molar-refractivity contribution in [1.29, 1.82) is 0 Å². The lowest BCUT2D eigenvalue weighted by atomic mass is 9.49. The van der Waals surface area contributed by atoms with E-state index in [1.54, 1.807) is 24.5 Å². The molecule has 7 nitrogen and oxygen atoms in total. The number of benzene rings is 1. The van der Waals surface area contributed by atoms with Crippen LogP contribution in [0.15, 0.2) is 18.2 Å². The van der Waals surface area contributed by atoms with E-state index in [2.05, 4.69) is 10.6 Å². The number of amides is 2. The van der Waals surface area contributed by atoms with Crippen molar-refractivity contribution in [2.45, 2.75) is 38.5 Å². The van der Waals surface area contributed by atoms with Crippen LogP contribution in [0, 0.1) is 23.2 Å². The van der Waals surface area contributed by atoms with Crippen LogP contribution in [0.1, 0.15) is 48.9 Å². The van der Waals surface area contributed by atoms with E-state index in [0.717, 1.165) is 24.3 Å². The van der Waals surface area contributed by atoms with Gasteiger partial charge in [0.25, 0.3) is 5.91 Å². The molecule has 4 aliphatic rings. The highest BCUT2D eigenvalue weighted by molar-refractivity contribution is 7.84. The van der Waals surface area contributed by atoms with Crippen LogP contribution < -0.4 is 10.6 Å². The van der Waals surface area contributed by atoms with Gasteiger partial charge in [-0.1, -0.05) is 11.6 Å². The van der Waals surface area contributed by atoms with Crippen LogP contribution in [0.4, 0.5) is 10.5 Å². The molecule has 4 fully saturated rings. The number of carboxylic acid groups (broad SMARTS) is 1. The molecule has 0 aromatic heterocycles. The molecular weight excluding hydrogens is 462 g/mol. The minimum Gasteiger partial charge on any atom is -0.465 e. The van der Waals surface area contributed by atoms with Crippen LogP contribution >= 0.6 is 11.6 Å². The number of carbonyl (C=O) groups excluding carboxylic acids is 1. The van der Waals surface area contributed by atoms with Crippen LogP contribution in [-0.4, -0.2) is 64.4 Å². The van der Waals surface area contributed by atoms with Gasteiger partial charge in [0.2, 0.25) is 0 Å². The van der Waals surface area contributed by atoms with Crippen molar-refractivity contribution in [3.8, 4) is 0 Å². The highest BCUT2D eigenvalue weighted by Crippen LogP contribution is 2.59. The molecule has 9 heteroatoms. The molecule has 0 heterocycles. The molecule has 3 N–H and O–H groups in total. The highest BCUT2D eigenvalue weighted by atomic mass is 35.5. The first kappa shape index (κ1) is 24.3. The van der Waals surface area contributed by atoms with Gasteiger partial charge in [-0.25, -0.2) is 4.79 Å². The Morgan fingerprint density at radius 3 is 2.36 bits per heavy atom. The fourth-order valence-corrected chi connectivity index (χ4v) is 7.24. The van der Waals surface area contributed by atoms with E-state index in [0.29, 0.717) is 28.6 Å². The first-order chi connectivity index (χ1) is 15.7.